The van der Waals surface area contributed by atoms with E-state index < -0.39 is 16.7 Å². The average Bonchev–Trinajstić information content (AvgIpc) is 3.10. The van der Waals surface area contributed by atoms with E-state index in [2.05, 4.69) is 14.8 Å². The Morgan fingerprint density at radius 3 is 2.54 bits per heavy atom. The largest absolute Gasteiger partial charge is 0.444 e. The van der Waals surface area contributed by atoms with Gasteiger partial charge >= 0.3 is 6.09 Å². The lowest BCUT2D eigenvalue weighted by atomic mass is 9.98. The Morgan fingerprint density at radius 1 is 1.23 bits per heavy atom. The topological polar surface area (TPSA) is 78.7 Å². The molecule has 1 atom stereocenters. The standard InChI is InChI=1S/C18H30N4O4/c1-16(2,3)26-15(23)22-9-8-21-13(11-17(22,4)5)19-20-14(21)18(24-6)7-10-25-12-18/h7-12H2,1-6H3. The number of hydrogen-bond acceptors (Lipinski definition) is 6. The summed E-state index contributed by atoms with van der Waals surface area (Å²) >= 11 is 0. The third kappa shape index (κ3) is 3.44. The van der Waals surface area contributed by atoms with E-state index in [1.807, 2.05) is 34.6 Å². The zero-order chi connectivity index (χ0) is 19.2. The molecular weight excluding hydrogens is 336 g/mol. The summed E-state index contributed by atoms with van der Waals surface area (Å²) < 4.78 is 19.0. The highest BCUT2D eigenvalue weighted by atomic mass is 16.6. The molecule has 1 saturated heterocycles. The Kier molecular flexibility index (Phi) is 4.77. The Labute approximate surface area is 154 Å². The van der Waals surface area contributed by atoms with Gasteiger partial charge in [-0.15, -0.1) is 10.2 Å². The summed E-state index contributed by atoms with van der Waals surface area (Å²) in [5.41, 5.74) is -1.51. The minimum absolute atomic E-state index is 0.298. The summed E-state index contributed by atoms with van der Waals surface area (Å²) in [6, 6.07) is 0. The van der Waals surface area contributed by atoms with Crippen molar-refractivity contribution in [3.63, 3.8) is 0 Å². The molecule has 0 spiro atoms. The average molecular weight is 366 g/mol. The highest BCUT2D eigenvalue weighted by molar-refractivity contribution is 5.69. The molecule has 1 fully saturated rings. The maximum absolute atomic E-state index is 12.7. The predicted molar refractivity (Wildman–Crippen MR) is 94.9 cm³/mol. The highest BCUT2D eigenvalue weighted by Gasteiger charge is 2.44. The van der Waals surface area contributed by atoms with Crippen LogP contribution in [0.15, 0.2) is 0 Å². The van der Waals surface area contributed by atoms with Crippen LogP contribution in [0.4, 0.5) is 4.79 Å². The SMILES string of the molecule is COC1(c2nnc3n2CCN(C(=O)OC(C)(C)C)C(C)(C)C3)CCOC1. The molecule has 0 aromatic carbocycles. The fraction of sp³-hybridized carbons (Fsp3) is 0.833. The predicted octanol–water partition coefficient (Wildman–Crippen LogP) is 2.11. The number of hydrogen-bond donors (Lipinski definition) is 0. The molecule has 2 aliphatic rings. The molecule has 3 heterocycles. The molecule has 0 bridgehead atoms. The molecule has 0 aliphatic carbocycles. The second-order valence-electron chi connectivity index (χ2n) is 8.71. The van der Waals surface area contributed by atoms with Gasteiger partial charge in [0.15, 0.2) is 11.4 Å². The van der Waals surface area contributed by atoms with Gasteiger partial charge in [-0.1, -0.05) is 0 Å². The van der Waals surface area contributed by atoms with Crippen LogP contribution in [-0.2, 0) is 32.8 Å². The molecule has 1 aromatic rings. The molecule has 146 valence electrons. The number of carbonyl (C=O) groups excluding carboxylic acids is 1. The van der Waals surface area contributed by atoms with Crippen LogP contribution in [0.25, 0.3) is 0 Å². The van der Waals surface area contributed by atoms with E-state index in [4.69, 9.17) is 14.2 Å². The van der Waals surface area contributed by atoms with Gasteiger partial charge < -0.3 is 23.7 Å². The summed E-state index contributed by atoms with van der Waals surface area (Å²) in [5.74, 6) is 1.65. The van der Waals surface area contributed by atoms with Crippen molar-refractivity contribution < 1.29 is 19.0 Å². The number of fused-ring (bicyclic) bond motifs is 1. The molecular formula is C18H30N4O4. The molecule has 0 saturated carbocycles. The van der Waals surface area contributed by atoms with Gasteiger partial charge in [0, 0.05) is 38.6 Å². The first kappa shape index (κ1) is 19.1. The summed E-state index contributed by atoms with van der Waals surface area (Å²) in [6.07, 6.45) is 1.05. The molecule has 2 aliphatic heterocycles. The van der Waals surface area contributed by atoms with Gasteiger partial charge in [-0.05, 0) is 34.6 Å². The molecule has 26 heavy (non-hydrogen) atoms. The van der Waals surface area contributed by atoms with Crippen molar-refractivity contribution in [1.82, 2.24) is 19.7 Å². The first-order chi connectivity index (χ1) is 12.1. The zero-order valence-corrected chi connectivity index (χ0v) is 16.7. The van der Waals surface area contributed by atoms with E-state index in [0.717, 1.165) is 18.1 Å². The summed E-state index contributed by atoms with van der Waals surface area (Å²) in [5, 5.41) is 8.85. The van der Waals surface area contributed by atoms with Gasteiger partial charge in [0.2, 0.25) is 0 Å². The van der Waals surface area contributed by atoms with Crippen LogP contribution in [0.3, 0.4) is 0 Å². The second-order valence-corrected chi connectivity index (χ2v) is 8.71. The maximum Gasteiger partial charge on any atom is 0.410 e. The van der Waals surface area contributed by atoms with Crippen molar-refractivity contribution >= 4 is 6.09 Å². The van der Waals surface area contributed by atoms with E-state index in [9.17, 15) is 4.79 Å². The van der Waals surface area contributed by atoms with Crippen LogP contribution in [-0.4, -0.2) is 63.8 Å². The Hall–Kier alpha value is -1.67. The van der Waals surface area contributed by atoms with Crippen molar-refractivity contribution in [1.29, 1.82) is 0 Å². The zero-order valence-electron chi connectivity index (χ0n) is 16.7. The highest BCUT2D eigenvalue weighted by Crippen LogP contribution is 2.35. The van der Waals surface area contributed by atoms with Crippen LogP contribution in [0.2, 0.25) is 0 Å². The van der Waals surface area contributed by atoms with E-state index in [-0.39, 0.29) is 6.09 Å². The number of methoxy groups -OCH3 is 1. The molecule has 0 radical (unpaired) electrons. The van der Waals surface area contributed by atoms with Crippen molar-refractivity contribution in [3.8, 4) is 0 Å². The number of rotatable bonds is 2. The number of nitrogens with zero attached hydrogens (tertiary/aromatic N) is 4. The van der Waals surface area contributed by atoms with Gasteiger partial charge in [0.25, 0.3) is 0 Å². The molecule has 0 N–H and O–H groups in total. The number of ether oxygens (including phenoxy) is 3. The minimum Gasteiger partial charge on any atom is -0.444 e. The number of amides is 1. The fourth-order valence-electron chi connectivity index (χ4n) is 3.65. The maximum atomic E-state index is 12.7. The van der Waals surface area contributed by atoms with E-state index in [1.54, 1.807) is 12.0 Å². The molecule has 1 unspecified atom stereocenters. The van der Waals surface area contributed by atoms with E-state index in [1.165, 1.54) is 0 Å². The van der Waals surface area contributed by atoms with Gasteiger partial charge in [0.05, 0.1) is 13.2 Å². The third-order valence-corrected chi connectivity index (χ3v) is 5.09. The summed E-state index contributed by atoms with van der Waals surface area (Å²) in [6.45, 7) is 12.0. The van der Waals surface area contributed by atoms with Crippen molar-refractivity contribution in [2.75, 3.05) is 26.9 Å². The van der Waals surface area contributed by atoms with Crippen LogP contribution in [0.1, 0.15) is 52.7 Å². The van der Waals surface area contributed by atoms with Crippen molar-refractivity contribution in [2.45, 2.75) is 70.7 Å². The molecule has 8 heteroatoms. The van der Waals surface area contributed by atoms with Crippen LogP contribution < -0.4 is 0 Å². The van der Waals surface area contributed by atoms with Crippen molar-refractivity contribution in [3.05, 3.63) is 11.6 Å². The summed E-state index contributed by atoms with van der Waals surface area (Å²) in [4.78, 5) is 14.5. The number of aromatic nitrogens is 3. The minimum atomic E-state index is -0.559. The van der Waals surface area contributed by atoms with E-state index in [0.29, 0.717) is 32.7 Å². The Bertz CT molecular complexity index is 671. The van der Waals surface area contributed by atoms with Gasteiger partial charge in [-0.2, -0.15) is 0 Å². The Balaban J connectivity index is 1.89. The van der Waals surface area contributed by atoms with Crippen LogP contribution in [0, 0.1) is 0 Å². The lowest BCUT2D eigenvalue weighted by Crippen LogP contribution is -2.50. The monoisotopic (exact) mass is 366 g/mol. The normalized spacial score (nSPS) is 25.7. The lowest BCUT2D eigenvalue weighted by molar-refractivity contribution is -0.0312. The smallest absolute Gasteiger partial charge is 0.410 e. The first-order valence-electron chi connectivity index (χ1n) is 9.14. The lowest BCUT2D eigenvalue weighted by Gasteiger charge is -2.37. The third-order valence-electron chi connectivity index (χ3n) is 5.09. The molecule has 1 aromatic heterocycles. The van der Waals surface area contributed by atoms with Crippen LogP contribution >= 0.6 is 0 Å². The van der Waals surface area contributed by atoms with Crippen LogP contribution in [0.5, 0.6) is 0 Å². The quantitative estimate of drug-likeness (QED) is 0.798. The number of carbonyl (C=O) groups is 1. The van der Waals surface area contributed by atoms with Crippen molar-refractivity contribution in [2.24, 2.45) is 0 Å². The van der Waals surface area contributed by atoms with Gasteiger partial charge in [-0.3, -0.25) is 0 Å². The Morgan fingerprint density at radius 2 is 1.96 bits per heavy atom. The van der Waals surface area contributed by atoms with Gasteiger partial charge in [-0.25, -0.2) is 4.79 Å². The first-order valence-corrected chi connectivity index (χ1v) is 9.14. The second kappa shape index (κ2) is 6.49. The molecule has 8 nitrogen and oxygen atoms in total. The molecule has 1 amide bonds. The molecule has 3 rings (SSSR count). The van der Waals surface area contributed by atoms with Gasteiger partial charge in [0.1, 0.15) is 11.4 Å². The van der Waals surface area contributed by atoms with E-state index >= 15 is 0 Å². The fourth-order valence-corrected chi connectivity index (χ4v) is 3.65. The summed E-state index contributed by atoms with van der Waals surface area (Å²) in [7, 11) is 1.68.